The SMILES string of the molecule is Cc1ncccc1OC1COc2ccc(O)cc2C1O. The maximum Gasteiger partial charge on any atom is 0.163 e. The number of ether oxygens (including phenoxy) is 2. The van der Waals surface area contributed by atoms with Crippen molar-refractivity contribution in [2.45, 2.75) is 19.1 Å². The predicted octanol–water partition coefficient (Wildman–Crippen LogP) is 1.97. The normalized spacial score (nSPS) is 20.9. The highest BCUT2D eigenvalue weighted by Crippen LogP contribution is 2.36. The predicted molar refractivity (Wildman–Crippen MR) is 72.0 cm³/mol. The molecule has 1 aromatic heterocycles. The number of hydrogen-bond acceptors (Lipinski definition) is 5. The van der Waals surface area contributed by atoms with Gasteiger partial charge in [-0.1, -0.05) is 0 Å². The van der Waals surface area contributed by atoms with Gasteiger partial charge in [0, 0.05) is 11.8 Å². The van der Waals surface area contributed by atoms with Crippen LogP contribution in [0.1, 0.15) is 17.4 Å². The van der Waals surface area contributed by atoms with Gasteiger partial charge in [-0.3, -0.25) is 4.98 Å². The lowest BCUT2D eigenvalue weighted by Crippen LogP contribution is -2.35. The summed E-state index contributed by atoms with van der Waals surface area (Å²) in [4.78, 5) is 4.14. The third-order valence-electron chi connectivity index (χ3n) is 3.30. The third-order valence-corrected chi connectivity index (χ3v) is 3.30. The Hall–Kier alpha value is -2.27. The summed E-state index contributed by atoms with van der Waals surface area (Å²) >= 11 is 0. The highest BCUT2D eigenvalue weighted by molar-refractivity contribution is 5.43. The van der Waals surface area contributed by atoms with Gasteiger partial charge in [-0.05, 0) is 37.3 Å². The van der Waals surface area contributed by atoms with Gasteiger partial charge in [-0.25, -0.2) is 0 Å². The zero-order valence-electron chi connectivity index (χ0n) is 11.0. The van der Waals surface area contributed by atoms with Gasteiger partial charge in [0.15, 0.2) is 6.10 Å². The van der Waals surface area contributed by atoms with Crippen molar-refractivity contribution in [2.24, 2.45) is 0 Å². The Kier molecular flexibility index (Phi) is 3.20. The van der Waals surface area contributed by atoms with Crippen molar-refractivity contribution in [3.63, 3.8) is 0 Å². The van der Waals surface area contributed by atoms with Crippen LogP contribution in [0, 0.1) is 6.92 Å². The van der Waals surface area contributed by atoms with Gasteiger partial charge in [0.2, 0.25) is 0 Å². The minimum atomic E-state index is -0.856. The van der Waals surface area contributed by atoms with Crippen LogP contribution in [0.5, 0.6) is 17.2 Å². The first-order valence-corrected chi connectivity index (χ1v) is 6.37. The average molecular weight is 273 g/mol. The van der Waals surface area contributed by atoms with Gasteiger partial charge >= 0.3 is 0 Å². The lowest BCUT2D eigenvalue weighted by atomic mass is 10.0. The average Bonchev–Trinajstić information content (AvgIpc) is 2.45. The number of hydrogen-bond donors (Lipinski definition) is 2. The van der Waals surface area contributed by atoms with Crippen LogP contribution < -0.4 is 9.47 Å². The standard InChI is InChI=1S/C15H15NO4/c1-9-12(3-2-6-16-9)20-14-8-19-13-5-4-10(17)7-11(13)15(14)18/h2-7,14-15,17-18H,8H2,1H3. The molecule has 5 nitrogen and oxygen atoms in total. The molecule has 0 bridgehead atoms. The molecule has 0 fully saturated rings. The van der Waals surface area contributed by atoms with E-state index in [0.717, 1.165) is 5.69 Å². The van der Waals surface area contributed by atoms with Gasteiger partial charge in [0.05, 0.1) is 5.69 Å². The smallest absolute Gasteiger partial charge is 0.163 e. The van der Waals surface area contributed by atoms with Crippen molar-refractivity contribution < 1.29 is 19.7 Å². The molecule has 2 aromatic rings. The first-order valence-electron chi connectivity index (χ1n) is 6.37. The van der Waals surface area contributed by atoms with Crippen molar-refractivity contribution >= 4 is 0 Å². The molecule has 2 atom stereocenters. The minimum Gasteiger partial charge on any atom is -0.508 e. The summed E-state index contributed by atoms with van der Waals surface area (Å²) < 4.78 is 11.3. The molecular weight excluding hydrogens is 258 g/mol. The molecule has 5 heteroatoms. The number of aliphatic hydroxyl groups excluding tert-OH is 1. The Morgan fingerprint density at radius 3 is 3.00 bits per heavy atom. The second-order valence-corrected chi connectivity index (χ2v) is 4.72. The molecule has 0 saturated heterocycles. The molecule has 1 aromatic carbocycles. The maximum absolute atomic E-state index is 10.4. The van der Waals surface area contributed by atoms with E-state index in [0.29, 0.717) is 17.1 Å². The number of benzene rings is 1. The summed E-state index contributed by atoms with van der Waals surface area (Å²) in [5.74, 6) is 1.27. The van der Waals surface area contributed by atoms with Crippen molar-refractivity contribution in [2.75, 3.05) is 6.61 Å². The van der Waals surface area contributed by atoms with E-state index < -0.39 is 12.2 Å². The Labute approximate surface area is 116 Å². The molecule has 2 heterocycles. The Morgan fingerprint density at radius 2 is 2.20 bits per heavy atom. The Bertz CT molecular complexity index is 629. The number of aromatic hydroxyl groups is 1. The van der Waals surface area contributed by atoms with Gasteiger partial charge in [0.25, 0.3) is 0 Å². The molecule has 2 unspecified atom stereocenters. The molecule has 0 aliphatic carbocycles. The van der Waals surface area contributed by atoms with Crippen LogP contribution in [0.3, 0.4) is 0 Å². The number of aryl methyl sites for hydroxylation is 1. The lowest BCUT2D eigenvalue weighted by molar-refractivity contribution is -0.0109. The summed E-state index contributed by atoms with van der Waals surface area (Å²) in [6.07, 6.45) is 0.293. The zero-order valence-corrected chi connectivity index (χ0v) is 11.0. The summed E-state index contributed by atoms with van der Waals surface area (Å²) in [6, 6.07) is 8.23. The van der Waals surface area contributed by atoms with Crippen molar-refractivity contribution in [1.29, 1.82) is 0 Å². The van der Waals surface area contributed by atoms with Crippen LogP contribution in [0.25, 0.3) is 0 Å². The van der Waals surface area contributed by atoms with Gasteiger partial charge in [0.1, 0.15) is 30.0 Å². The number of phenolic OH excluding ortho intramolecular Hbond substituents is 1. The second-order valence-electron chi connectivity index (χ2n) is 4.72. The van der Waals surface area contributed by atoms with Crippen molar-refractivity contribution in [1.82, 2.24) is 4.98 Å². The monoisotopic (exact) mass is 273 g/mol. The molecule has 0 spiro atoms. The number of nitrogens with zero attached hydrogens (tertiary/aromatic N) is 1. The summed E-state index contributed by atoms with van der Waals surface area (Å²) in [7, 11) is 0. The molecular formula is C15H15NO4. The third kappa shape index (κ3) is 2.28. The summed E-state index contributed by atoms with van der Waals surface area (Å²) in [5, 5.41) is 19.9. The number of rotatable bonds is 2. The number of phenols is 1. The van der Waals surface area contributed by atoms with Gasteiger partial charge < -0.3 is 19.7 Å². The first kappa shape index (κ1) is 12.7. The van der Waals surface area contributed by atoms with E-state index in [1.807, 2.05) is 6.92 Å². The number of aliphatic hydroxyl groups is 1. The number of fused-ring (bicyclic) bond motifs is 1. The quantitative estimate of drug-likeness (QED) is 0.875. The highest BCUT2D eigenvalue weighted by atomic mass is 16.5. The van der Waals surface area contributed by atoms with E-state index in [1.165, 1.54) is 12.1 Å². The van der Waals surface area contributed by atoms with Crippen LogP contribution in [0.15, 0.2) is 36.5 Å². The van der Waals surface area contributed by atoms with E-state index in [2.05, 4.69) is 4.98 Å². The molecule has 1 aliphatic rings. The topological polar surface area (TPSA) is 71.8 Å². The molecule has 2 N–H and O–H groups in total. The summed E-state index contributed by atoms with van der Waals surface area (Å²) in [6.45, 7) is 2.08. The molecule has 0 amide bonds. The fourth-order valence-corrected chi connectivity index (χ4v) is 2.22. The highest BCUT2D eigenvalue weighted by Gasteiger charge is 2.31. The van der Waals surface area contributed by atoms with Crippen LogP contribution in [0.2, 0.25) is 0 Å². The molecule has 0 saturated carbocycles. The van der Waals surface area contributed by atoms with E-state index in [-0.39, 0.29) is 12.4 Å². The fraction of sp³-hybridized carbons (Fsp3) is 0.267. The second kappa shape index (κ2) is 5.02. The Balaban J connectivity index is 1.85. The van der Waals surface area contributed by atoms with Crippen LogP contribution in [0.4, 0.5) is 0 Å². The van der Waals surface area contributed by atoms with E-state index in [4.69, 9.17) is 9.47 Å². The molecule has 20 heavy (non-hydrogen) atoms. The van der Waals surface area contributed by atoms with E-state index in [9.17, 15) is 10.2 Å². The van der Waals surface area contributed by atoms with E-state index in [1.54, 1.807) is 24.4 Å². The molecule has 1 aliphatic heterocycles. The zero-order chi connectivity index (χ0) is 14.1. The number of pyridine rings is 1. The molecule has 0 radical (unpaired) electrons. The largest absolute Gasteiger partial charge is 0.508 e. The Morgan fingerprint density at radius 1 is 1.35 bits per heavy atom. The summed E-state index contributed by atoms with van der Waals surface area (Å²) in [5.41, 5.74) is 1.28. The lowest BCUT2D eigenvalue weighted by Gasteiger charge is -2.30. The number of aromatic nitrogens is 1. The van der Waals surface area contributed by atoms with E-state index >= 15 is 0 Å². The van der Waals surface area contributed by atoms with Crippen molar-refractivity contribution in [3.05, 3.63) is 47.8 Å². The van der Waals surface area contributed by atoms with Gasteiger partial charge in [-0.15, -0.1) is 0 Å². The van der Waals surface area contributed by atoms with Crippen LogP contribution >= 0.6 is 0 Å². The van der Waals surface area contributed by atoms with Crippen LogP contribution in [-0.4, -0.2) is 27.9 Å². The molecule has 104 valence electrons. The van der Waals surface area contributed by atoms with Crippen molar-refractivity contribution in [3.8, 4) is 17.2 Å². The minimum absolute atomic E-state index is 0.0876. The molecule has 3 rings (SSSR count). The maximum atomic E-state index is 10.4. The van der Waals surface area contributed by atoms with Crippen LogP contribution in [-0.2, 0) is 0 Å². The first-order chi connectivity index (χ1) is 9.65. The fourth-order valence-electron chi connectivity index (χ4n) is 2.22. The van der Waals surface area contributed by atoms with Gasteiger partial charge in [-0.2, -0.15) is 0 Å².